The number of aromatic nitrogens is 2. The molecule has 1 aromatic heterocycles. The fraction of sp³-hybridized carbons (Fsp3) is 0.556. The lowest BCUT2D eigenvalue weighted by molar-refractivity contribution is 0.314. The molecule has 0 unspecified atom stereocenters. The highest BCUT2D eigenvalue weighted by atomic mass is 16.5. The van der Waals surface area contributed by atoms with Crippen molar-refractivity contribution in [2.24, 2.45) is 5.92 Å². The Labute approximate surface area is 131 Å². The van der Waals surface area contributed by atoms with E-state index in [0.717, 1.165) is 29.8 Å². The molecule has 0 N–H and O–H groups in total. The van der Waals surface area contributed by atoms with Gasteiger partial charge >= 0.3 is 0 Å². The Morgan fingerprint density at radius 1 is 1.14 bits per heavy atom. The minimum absolute atomic E-state index is 0.705. The molecule has 22 heavy (non-hydrogen) atoms. The Bertz CT molecular complexity index is 571. The van der Waals surface area contributed by atoms with Crippen LogP contribution in [0.5, 0.6) is 5.75 Å². The summed E-state index contributed by atoms with van der Waals surface area (Å²) in [6.45, 7) is 0. The number of rotatable bonds is 6. The monoisotopic (exact) mass is 300 g/mol. The van der Waals surface area contributed by atoms with Crippen molar-refractivity contribution in [3.63, 3.8) is 0 Å². The lowest BCUT2D eigenvalue weighted by Crippen LogP contribution is -2.07. The molecule has 1 aromatic carbocycles. The van der Waals surface area contributed by atoms with Crippen LogP contribution < -0.4 is 4.74 Å². The third kappa shape index (κ3) is 4.09. The van der Waals surface area contributed by atoms with Crippen LogP contribution in [0.1, 0.15) is 55.8 Å². The van der Waals surface area contributed by atoms with E-state index in [1.165, 1.54) is 44.1 Å². The van der Waals surface area contributed by atoms with E-state index in [1.54, 1.807) is 7.11 Å². The minimum Gasteiger partial charge on any atom is -0.497 e. The predicted molar refractivity (Wildman–Crippen MR) is 85.0 cm³/mol. The molecular weight excluding hydrogens is 276 g/mol. The molecule has 2 aromatic rings. The van der Waals surface area contributed by atoms with Gasteiger partial charge in [-0.2, -0.15) is 4.98 Å². The van der Waals surface area contributed by atoms with E-state index in [-0.39, 0.29) is 0 Å². The van der Waals surface area contributed by atoms with Crippen molar-refractivity contribution >= 4 is 0 Å². The molecule has 1 aliphatic rings. The van der Waals surface area contributed by atoms with Gasteiger partial charge in [-0.3, -0.25) is 0 Å². The third-order valence-electron chi connectivity index (χ3n) is 4.52. The standard InChI is InChI=1S/C18H24N2O2/c1-21-16-10-7-15(8-11-16)13-17-19-18(22-20-17)12-9-14-5-3-2-4-6-14/h7-8,10-11,14H,2-6,9,12-13H2,1H3. The second kappa shape index (κ2) is 7.43. The molecule has 1 aliphatic carbocycles. The summed E-state index contributed by atoms with van der Waals surface area (Å²) in [5.41, 5.74) is 1.17. The van der Waals surface area contributed by atoms with Crippen molar-refractivity contribution in [1.82, 2.24) is 10.1 Å². The molecule has 0 radical (unpaired) electrons. The first kappa shape index (κ1) is 15.1. The van der Waals surface area contributed by atoms with Crippen LogP contribution in [-0.4, -0.2) is 17.3 Å². The number of aryl methyl sites for hydroxylation is 1. The summed E-state index contributed by atoms with van der Waals surface area (Å²) in [7, 11) is 1.67. The lowest BCUT2D eigenvalue weighted by atomic mass is 9.86. The Hall–Kier alpha value is -1.84. The van der Waals surface area contributed by atoms with Crippen LogP contribution in [0.4, 0.5) is 0 Å². The summed E-state index contributed by atoms with van der Waals surface area (Å²) in [6.07, 6.45) is 9.72. The molecule has 1 saturated carbocycles. The van der Waals surface area contributed by atoms with Crippen molar-refractivity contribution < 1.29 is 9.26 Å². The SMILES string of the molecule is COc1ccc(Cc2noc(CCC3CCCCC3)n2)cc1. The van der Waals surface area contributed by atoms with Crippen LogP contribution >= 0.6 is 0 Å². The summed E-state index contributed by atoms with van der Waals surface area (Å²) in [5.74, 6) is 3.27. The first-order valence-electron chi connectivity index (χ1n) is 8.28. The zero-order chi connectivity index (χ0) is 15.2. The molecular formula is C18H24N2O2. The number of hydrogen-bond donors (Lipinski definition) is 0. The molecule has 0 atom stereocenters. The lowest BCUT2D eigenvalue weighted by Gasteiger charge is -2.20. The highest BCUT2D eigenvalue weighted by molar-refractivity contribution is 5.28. The van der Waals surface area contributed by atoms with Gasteiger partial charge in [0.1, 0.15) is 5.75 Å². The number of ether oxygens (including phenoxy) is 1. The molecule has 4 nitrogen and oxygen atoms in total. The second-order valence-corrected chi connectivity index (χ2v) is 6.17. The Balaban J connectivity index is 1.51. The van der Waals surface area contributed by atoms with Crippen LogP contribution in [0.25, 0.3) is 0 Å². The molecule has 118 valence electrons. The van der Waals surface area contributed by atoms with Crippen LogP contribution in [0, 0.1) is 5.92 Å². The summed E-state index contributed by atoms with van der Waals surface area (Å²) in [5, 5.41) is 4.10. The third-order valence-corrected chi connectivity index (χ3v) is 4.52. The number of hydrogen-bond acceptors (Lipinski definition) is 4. The van der Waals surface area contributed by atoms with Gasteiger partial charge in [-0.25, -0.2) is 0 Å². The zero-order valence-electron chi connectivity index (χ0n) is 13.3. The Morgan fingerprint density at radius 2 is 1.91 bits per heavy atom. The molecule has 0 spiro atoms. The average Bonchev–Trinajstić information content (AvgIpc) is 3.02. The van der Waals surface area contributed by atoms with Gasteiger partial charge in [-0.15, -0.1) is 0 Å². The first-order chi connectivity index (χ1) is 10.8. The van der Waals surface area contributed by atoms with Crippen molar-refractivity contribution in [3.05, 3.63) is 41.5 Å². The van der Waals surface area contributed by atoms with Crippen LogP contribution in [0.15, 0.2) is 28.8 Å². The Kier molecular flexibility index (Phi) is 5.09. The number of benzene rings is 1. The molecule has 0 aliphatic heterocycles. The van der Waals surface area contributed by atoms with Crippen molar-refractivity contribution in [3.8, 4) is 5.75 Å². The van der Waals surface area contributed by atoms with Gasteiger partial charge in [0.2, 0.25) is 5.89 Å². The largest absolute Gasteiger partial charge is 0.497 e. The van der Waals surface area contributed by atoms with Crippen LogP contribution in [0.3, 0.4) is 0 Å². The van der Waals surface area contributed by atoms with E-state index in [0.29, 0.717) is 6.42 Å². The smallest absolute Gasteiger partial charge is 0.226 e. The van der Waals surface area contributed by atoms with Crippen molar-refractivity contribution in [1.29, 1.82) is 0 Å². The number of methoxy groups -OCH3 is 1. The van der Waals surface area contributed by atoms with Gasteiger partial charge < -0.3 is 9.26 Å². The summed E-state index contributed by atoms with van der Waals surface area (Å²) < 4.78 is 10.6. The maximum absolute atomic E-state index is 5.39. The minimum atomic E-state index is 0.705. The van der Waals surface area contributed by atoms with E-state index < -0.39 is 0 Å². The molecule has 0 amide bonds. The van der Waals surface area contributed by atoms with Gasteiger partial charge in [0.15, 0.2) is 5.82 Å². The number of nitrogens with zero attached hydrogens (tertiary/aromatic N) is 2. The van der Waals surface area contributed by atoms with Gasteiger partial charge in [0.25, 0.3) is 0 Å². The van der Waals surface area contributed by atoms with Gasteiger partial charge in [0, 0.05) is 12.8 Å². The van der Waals surface area contributed by atoms with E-state index in [9.17, 15) is 0 Å². The maximum Gasteiger partial charge on any atom is 0.226 e. The normalized spacial score (nSPS) is 15.9. The van der Waals surface area contributed by atoms with E-state index in [4.69, 9.17) is 9.26 Å². The zero-order valence-corrected chi connectivity index (χ0v) is 13.3. The fourth-order valence-electron chi connectivity index (χ4n) is 3.19. The summed E-state index contributed by atoms with van der Waals surface area (Å²) in [4.78, 5) is 4.52. The van der Waals surface area contributed by atoms with Gasteiger partial charge in [0.05, 0.1) is 7.11 Å². The molecule has 1 heterocycles. The van der Waals surface area contributed by atoms with E-state index in [1.807, 2.05) is 24.3 Å². The van der Waals surface area contributed by atoms with E-state index in [2.05, 4.69) is 10.1 Å². The Morgan fingerprint density at radius 3 is 2.64 bits per heavy atom. The summed E-state index contributed by atoms with van der Waals surface area (Å²) in [6, 6.07) is 7.99. The molecule has 0 saturated heterocycles. The first-order valence-corrected chi connectivity index (χ1v) is 8.28. The van der Waals surface area contributed by atoms with Crippen molar-refractivity contribution in [2.75, 3.05) is 7.11 Å². The van der Waals surface area contributed by atoms with E-state index >= 15 is 0 Å². The molecule has 1 fully saturated rings. The topological polar surface area (TPSA) is 48.2 Å². The highest BCUT2D eigenvalue weighted by Crippen LogP contribution is 2.27. The maximum atomic E-state index is 5.39. The predicted octanol–water partition coefficient (Wildman–Crippen LogP) is 4.18. The second-order valence-electron chi connectivity index (χ2n) is 6.17. The van der Waals surface area contributed by atoms with Gasteiger partial charge in [-0.1, -0.05) is 49.4 Å². The molecule has 4 heteroatoms. The quantitative estimate of drug-likeness (QED) is 0.803. The fourth-order valence-corrected chi connectivity index (χ4v) is 3.19. The van der Waals surface area contributed by atoms with Crippen molar-refractivity contribution in [2.45, 2.75) is 51.4 Å². The van der Waals surface area contributed by atoms with Gasteiger partial charge in [-0.05, 0) is 30.0 Å². The average molecular weight is 300 g/mol. The highest BCUT2D eigenvalue weighted by Gasteiger charge is 2.15. The molecule has 0 bridgehead atoms. The van der Waals surface area contributed by atoms with Crippen LogP contribution in [-0.2, 0) is 12.8 Å². The van der Waals surface area contributed by atoms with Crippen LogP contribution in [0.2, 0.25) is 0 Å². The molecule has 3 rings (SSSR count). The summed E-state index contributed by atoms with van der Waals surface area (Å²) >= 11 is 0.